The number of carbonyl (C=O) groups is 1. The van der Waals surface area contributed by atoms with Crippen LogP contribution in [-0.4, -0.2) is 38.3 Å². The average molecular weight is 251 g/mol. The third-order valence-electron chi connectivity index (χ3n) is 3.82. The Morgan fingerprint density at radius 3 is 2.94 bits per heavy atom. The number of hydrogen-bond acceptors (Lipinski definition) is 3. The molecule has 0 spiro atoms. The van der Waals surface area contributed by atoms with Crippen LogP contribution >= 0.6 is 0 Å². The molecule has 1 aromatic rings. The number of nitrogens with zero attached hydrogens (tertiary/aromatic N) is 3. The summed E-state index contributed by atoms with van der Waals surface area (Å²) in [6.07, 6.45) is 4.82. The maximum absolute atomic E-state index is 11.4. The lowest BCUT2D eigenvalue weighted by Crippen LogP contribution is -2.46. The highest BCUT2D eigenvalue weighted by Crippen LogP contribution is 2.26. The van der Waals surface area contributed by atoms with Crippen LogP contribution in [0, 0.1) is 5.92 Å². The van der Waals surface area contributed by atoms with Gasteiger partial charge in [-0.3, -0.25) is 14.4 Å². The maximum Gasteiger partial charge on any atom is 0.320 e. The zero-order valence-corrected chi connectivity index (χ0v) is 11.0. The van der Waals surface area contributed by atoms with E-state index in [0.29, 0.717) is 12.5 Å². The molecule has 1 fully saturated rings. The van der Waals surface area contributed by atoms with Gasteiger partial charge in [-0.05, 0) is 31.4 Å². The smallest absolute Gasteiger partial charge is 0.320 e. The first kappa shape index (κ1) is 13.1. The Morgan fingerprint density at radius 2 is 2.39 bits per heavy atom. The minimum Gasteiger partial charge on any atom is -0.480 e. The van der Waals surface area contributed by atoms with E-state index in [2.05, 4.69) is 12.0 Å². The second-order valence-electron chi connectivity index (χ2n) is 5.10. The molecule has 0 bridgehead atoms. The molecule has 0 aromatic carbocycles. The zero-order valence-electron chi connectivity index (χ0n) is 11.0. The average Bonchev–Trinajstić information content (AvgIpc) is 2.75. The van der Waals surface area contributed by atoms with Crippen molar-refractivity contribution in [1.29, 1.82) is 0 Å². The van der Waals surface area contributed by atoms with Gasteiger partial charge in [-0.2, -0.15) is 5.10 Å². The molecule has 1 N–H and O–H groups in total. The van der Waals surface area contributed by atoms with E-state index in [0.717, 1.165) is 31.5 Å². The summed E-state index contributed by atoms with van der Waals surface area (Å²) in [5.41, 5.74) is 0.943. The van der Waals surface area contributed by atoms with Crippen molar-refractivity contribution in [2.24, 2.45) is 13.0 Å². The predicted molar refractivity (Wildman–Crippen MR) is 68.1 cm³/mol. The molecular formula is C13H21N3O2. The van der Waals surface area contributed by atoms with E-state index in [4.69, 9.17) is 0 Å². The zero-order chi connectivity index (χ0) is 13.1. The number of rotatable bonds is 4. The fourth-order valence-electron chi connectivity index (χ4n) is 2.66. The summed E-state index contributed by atoms with van der Waals surface area (Å²) in [6.45, 7) is 3.62. The highest BCUT2D eigenvalue weighted by atomic mass is 16.4. The summed E-state index contributed by atoms with van der Waals surface area (Å²) in [5.74, 6) is -0.157. The van der Waals surface area contributed by atoms with Gasteiger partial charge in [-0.15, -0.1) is 0 Å². The molecule has 0 amide bonds. The summed E-state index contributed by atoms with van der Waals surface area (Å²) in [4.78, 5) is 13.4. The normalized spacial score (nSPS) is 25.2. The molecule has 2 heterocycles. The van der Waals surface area contributed by atoms with E-state index < -0.39 is 5.97 Å². The minimum absolute atomic E-state index is 0.356. The van der Waals surface area contributed by atoms with Gasteiger partial charge in [0.2, 0.25) is 0 Å². The Kier molecular flexibility index (Phi) is 4.01. The molecule has 5 nitrogen and oxygen atoms in total. The van der Waals surface area contributed by atoms with E-state index >= 15 is 0 Å². The lowest BCUT2D eigenvalue weighted by molar-refractivity contribution is -0.145. The van der Waals surface area contributed by atoms with Gasteiger partial charge in [0.05, 0.1) is 5.69 Å². The van der Waals surface area contributed by atoms with Crippen molar-refractivity contribution >= 4 is 5.97 Å². The van der Waals surface area contributed by atoms with Crippen molar-refractivity contribution in [1.82, 2.24) is 14.7 Å². The number of carboxylic acids is 1. The second kappa shape index (κ2) is 5.52. The van der Waals surface area contributed by atoms with Crippen molar-refractivity contribution in [2.75, 3.05) is 6.54 Å². The van der Waals surface area contributed by atoms with Crippen LogP contribution in [0.3, 0.4) is 0 Å². The van der Waals surface area contributed by atoms with Crippen LogP contribution in [0.5, 0.6) is 0 Å². The number of aryl methyl sites for hydroxylation is 1. The van der Waals surface area contributed by atoms with E-state index in [-0.39, 0.29) is 6.04 Å². The van der Waals surface area contributed by atoms with Crippen LogP contribution in [0.1, 0.15) is 31.9 Å². The summed E-state index contributed by atoms with van der Waals surface area (Å²) in [5, 5.41) is 13.7. The first-order valence-electron chi connectivity index (χ1n) is 6.55. The fourth-order valence-corrected chi connectivity index (χ4v) is 2.66. The molecule has 0 aliphatic carbocycles. The van der Waals surface area contributed by atoms with Crippen LogP contribution in [0.4, 0.5) is 0 Å². The molecular weight excluding hydrogens is 230 g/mol. The highest BCUT2D eigenvalue weighted by molar-refractivity contribution is 5.73. The van der Waals surface area contributed by atoms with Crippen LogP contribution in [-0.2, 0) is 18.4 Å². The molecule has 1 saturated heterocycles. The molecule has 1 aliphatic rings. The van der Waals surface area contributed by atoms with Crippen LogP contribution < -0.4 is 0 Å². The lowest BCUT2D eigenvalue weighted by Gasteiger charge is -2.36. The number of carboxylic acid groups (broad SMARTS) is 1. The first-order chi connectivity index (χ1) is 8.60. The number of hydrogen-bond donors (Lipinski definition) is 1. The minimum atomic E-state index is -0.705. The van der Waals surface area contributed by atoms with E-state index in [9.17, 15) is 9.90 Å². The summed E-state index contributed by atoms with van der Waals surface area (Å²) in [7, 11) is 1.88. The number of aliphatic carboxylic acids is 1. The largest absolute Gasteiger partial charge is 0.480 e. The summed E-state index contributed by atoms with van der Waals surface area (Å²) in [6, 6.07) is 1.59. The third kappa shape index (κ3) is 2.90. The van der Waals surface area contributed by atoms with Gasteiger partial charge in [0.25, 0.3) is 0 Å². The molecule has 2 unspecified atom stereocenters. The van der Waals surface area contributed by atoms with Crippen LogP contribution in [0.25, 0.3) is 0 Å². The van der Waals surface area contributed by atoms with Crippen molar-refractivity contribution in [3.63, 3.8) is 0 Å². The SMILES string of the molecule is CCC1CCN(Cc2ccn(C)n2)C(C(=O)O)C1. The number of likely N-dealkylation sites (tertiary alicyclic amines) is 1. The molecule has 0 saturated carbocycles. The second-order valence-corrected chi connectivity index (χ2v) is 5.10. The van der Waals surface area contributed by atoms with E-state index in [1.165, 1.54) is 0 Å². The molecule has 2 rings (SSSR count). The van der Waals surface area contributed by atoms with Gasteiger partial charge in [-0.25, -0.2) is 0 Å². The lowest BCUT2D eigenvalue weighted by atomic mass is 9.89. The fraction of sp³-hybridized carbons (Fsp3) is 0.692. The molecule has 2 atom stereocenters. The van der Waals surface area contributed by atoms with E-state index in [1.807, 2.05) is 24.2 Å². The Labute approximate surface area is 107 Å². The summed E-state index contributed by atoms with van der Waals surface area (Å²) < 4.78 is 1.75. The Bertz CT molecular complexity index is 416. The maximum atomic E-state index is 11.4. The Balaban J connectivity index is 2.04. The van der Waals surface area contributed by atoms with E-state index in [1.54, 1.807) is 4.68 Å². The van der Waals surface area contributed by atoms with Crippen molar-refractivity contribution in [3.05, 3.63) is 18.0 Å². The van der Waals surface area contributed by atoms with Gasteiger partial charge in [0.1, 0.15) is 6.04 Å². The summed E-state index contributed by atoms with van der Waals surface area (Å²) >= 11 is 0. The molecule has 18 heavy (non-hydrogen) atoms. The third-order valence-corrected chi connectivity index (χ3v) is 3.82. The monoisotopic (exact) mass is 251 g/mol. The molecule has 1 aromatic heterocycles. The van der Waals surface area contributed by atoms with Crippen molar-refractivity contribution < 1.29 is 9.90 Å². The molecule has 0 radical (unpaired) electrons. The van der Waals surface area contributed by atoms with Gasteiger partial charge >= 0.3 is 5.97 Å². The van der Waals surface area contributed by atoms with Crippen LogP contribution in [0.2, 0.25) is 0 Å². The van der Waals surface area contributed by atoms with Crippen LogP contribution in [0.15, 0.2) is 12.3 Å². The predicted octanol–water partition coefficient (Wildman–Crippen LogP) is 1.50. The van der Waals surface area contributed by atoms with Crippen molar-refractivity contribution in [2.45, 2.75) is 38.8 Å². The van der Waals surface area contributed by atoms with Gasteiger partial charge in [-0.1, -0.05) is 13.3 Å². The Morgan fingerprint density at radius 1 is 1.61 bits per heavy atom. The quantitative estimate of drug-likeness (QED) is 0.881. The molecule has 1 aliphatic heterocycles. The van der Waals surface area contributed by atoms with Gasteiger partial charge in [0.15, 0.2) is 0 Å². The topological polar surface area (TPSA) is 58.4 Å². The molecule has 5 heteroatoms. The molecule has 100 valence electrons. The standard InChI is InChI=1S/C13H21N3O2/c1-3-10-4-7-16(12(8-10)13(17)18)9-11-5-6-15(2)14-11/h5-6,10,12H,3-4,7-9H2,1-2H3,(H,17,18). The van der Waals surface area contributed by atoms with Crippen molar-refractivity contribution in [3.8, 4) is 0 Å². The van der Waals surface area contributed by atoms with Gasteiger partial charge in [0, 0.05) is 19.8 Å². The number of aromatic nitrogens is 2. The van der Waals surface area contributed by atoms with Gasteiger partial charge < -0.3 is 5.11 Å². The number of piperidine rings is 1. The highest BCUT2D eigenvalue weighted by Gasteiger charge is 2.32. The Hall–Kier alpha value is -1.36. The first-order valence-corrected chi connectivity index (χ1v) is 6.55.